The molecule has 0 unspecified atom stereocenters. The molecule has 0 bridgehead atoms. The summed E-state index contributed by atoms with van der Waals surface area (Å²) < 4.78 is 0. The maximum absolute atomic E-state index is 10.9. The molecule has 0 aliphatic rings. The summed E-state index contributed by atoms with van der Waals surface area (Å²) in [5, 5.41) is 12.0. The summed E-state index contributed by atoms with van der Waals surface area (Å²) in [6, 6.07) is 6.86. The minimum absolute atomic E-state index is 0.296. The van der Waals surface area contributed by atoms with Crippen LogP contribution in [0.4, 0.5) is 5.69 Å². The first kappa shape index (κ1) is 12.5. The van der Waals surface area contributed by atoms with Crippen molar-refractivity contribution >= 4 is 23.4 Å². The molecule has 0 saturated heterocycles. The second-order valence-corrected chi connectivity index (χ2v) is 4.14. The average Bonchev–Trinajstić information content (AvgIpc) is 2.29. The van der Waals surface area contributed by atoms with Crippen LogP contribution in [-0.4, -0.2) is 29.1 Å². The van der Waals surface area contributed by atoms with Gasteiger partial charge in [0.1, 0.15) is 0 Å². The van der Waals surface area contributed by atoms with Gasteiger partial charge < -0.3 is 10.4 Å². The van der Waals surface area contributed by atoms with Gasteiger partial charge in [-0.2, -0.15) is 0 Å². The molecule has 3 nitrogen and oxygen atoms in total. The maximum atomic E-state index is 10.9. The van der Waals surface area contributed by atoms with Crippen LogP contribution < -0.4 is 5.32 Å². The van der Waals surface area contributed by atoms with Gasteiger partial charge in [0.15, 0.2) is 0 Å². The predicted molar refractivity (Wildman–Crippen MR) is 68.0 cm³/mol. The number of nitrogens with one attached hydrogen (secondary N) is 1. The Bertz CT molecular complexity index is 398. The lowest BCUT2D eigenvalue weighted by atomic mass is 10.2. The van der Waals surface area contributed by atoms with E-state index < -0.39 is 5.97 Å². The monoisotopic (exact) mass is 235 g/mol. The van der Waals surface area contributed by atoms with Gasteiger partial charge in [-0.15, -0.1) is 18.2 Å². The number of anilines is 1. The molecule has 0 atom stereocenters. The van der Waals surface area contributed by atoms with E-state index in [0.717, 1.165) is 5.75 Å². The van der Waals surface area contributed by atoms with E-state index in [1.807, 2.05) is 6.07 Å². The van der Waals surface area contributed by atoms with Gasteiger partial charge in [0.25, 0.3) is 0 Å². The number of benzene rings is 1. The van der Waals surface area contributed by atoms with Gasteiger partial charge >= 0.3 is 5.97 Å². The number of para-hydroxylation sites is 1. The van der Waals surface area contributed by atoms with Crippen LogP contribution in [0.15, 0.2) is 24.3 Å². The Morgan fingerprint density at radius 1 is 1.50 bits per heavy atom. The predicted octanol–water partition coefficient (Wildman–Crippen LogP) is 2.16. The van der Waals surface area contributed by atoms with Crippen LogP contribution in [0.2, 0.25) is 0 Å². The fraction of sp³-hybridized carbons (Fsp3) is 0.250. The lowest BCUT2D eigenvalue weighted by Gasteiger charge is -2.08. The van der Waals surface area contributed by atoms with Gasteiger partial charge in [-0.25, -0.2) is 4.79 Å². The minimum atomic E-state index is -0.917. The molecule has 0 radical (unpaired) electrons. The van der Waals surface area contributed by atoms with E-state index in [-0.39, 0.29) is 0 Å². The maximum Gasteiger partial charge on any atom is 0.337 e. The molecular weight excluding hydrogens is 222 g/mol. The first-order valence-corrected chi connectivity index (χ1v) is 5.98. The van der Waals surface area contributed by atoms with Crippen LogP contribution in [-0.2, 0) is 0 Å². The highest BCUT2D eigenvalue weighted by molar-refractivity contribution is 7.99. The zero-order chi connectivity index (χ0) is 11.8. The fourth-order valence-electron chi connectivity index (χ4n) is 1.21. The number of carboxylic acid groups (broad SMARTS) is 1. The molecule has 0 amide bonds. The number of hydrogen-bond acceptors (Lipinski definition) is 3. The Kier molecular flexibility index (Phi) is 5.30. The summed E-state index contributed by atoms with van der Waals surface area (Å²) >= 11 is 1.64. The van der Waals surface area contributed by atoms with Crippen LogP contribution >= 0.6 is 11.8 Å². The van der Waals surface area contributed by atoms with Crippen molar-refractivity contribution in [3.63, 3.8) is 0 Å². The molecule has 0 aliphatic carbocycles. The van der Waals surface area contributed by atoms with E-state index in [9.17, 15) is 4.79 Å². The molecule has 4 heteroatoms. The van der Waals surface area contributed by atoms with Gasteiger partial charge in [-0.05, 0) is 12.1 Å². The van der Waals surface area contributed by atoms with Gasteiger partial charge in [-0.1, -0.05) is 18.1 Å². The third kappa shape index (κ3) is 3.87. The van der Waals surface area contributed by atoms with Crippen LogP contribution in [0.1, 0.15) is 10.4 Å². The van der Waals surface area contributed by atoms with Crippen LogP contribution in [0.5, 0.6) is 0 Å². The topological polar surface area (TPSA) is 49.3 Å². The summed E-state index contributed by atoms with van der Waals surface area (Å²) in [5.74, 6) is 3.16. The SMILES string of the molecule is C#CCSCCNc1ccccc1C(=O)O. The van der Waals surface area contributed by atoms with E-state index in [1.165, 1.54) is 0 Å². The highest BCUT2D eigenvalue weighted by atomic mass is 32.2. The second-order valence-electron chi connectivity index (χ2n) is 3.03. The molecule has 84 valence electrons. The number of terminal acetylenes is 1. The number of hydrogen-bond donors (Lipinski definition) is 2. The van der Waals surface area contributed by atoms with E-state index in [4.69, 9.17) is 11.5 Å². The molecule has 16 heavy (non-hydrogen) atoms. The van der Waals surface area contributed by atoms with E-state index in [1.54, 1.807) is 30.0 Å². The van der Waals surface area contributed by atoms with E-state index in [0.29, 0.717) is 23.5 Å². The smallest absolute Gasteiger partial charge is 0.337 e. The van der Waals surface area contributed by atoms with Crippen molar-refractivity contribution in [3.05, 3.63) is 29.8 Å². The Hall–Kier alpha value is -1.60. The molecule has 0 spiro atoms. The van der Waals surface area contributed by atoms with Crippen LogP contribution in [0.3, 0.4) is 0 Å². The summed E-state index contributed by atoms with van der Waals surface area (Å²) in [4.78, 5) is 10.9. The number of thioether (sulfide) groups is 1. The Labute approximate surface area is 99.2 Å². The summed E-state index contributed by atoms with van der Waals surface area (Å²) in [6.07, 6.45) is 5.12. The lowest BCUT2D eigenvalue weighted by molar-refractivity contribution is 0.0698. The Balaban J connectivity index is 2.47. The molecule has 0 aliphatic heterocycles. The molecule has 0 aromatic heterocycles. The Morgan fingerprint density at radius 2 is 2.25 bits per heavy atom. The van der Waals surface area contributed by atoms with E-state index >= 15 is 0 Å². The van der Waals surface area contributed by atoms with Gasteiger partial charge in [0.2, 0.25) is 0 Å². The first-order valence-electron chi connectivity index (χ1n) is 4.83. The van der Waals surface area contributed by atoms with Crippen molar-refractivity contribution in [3.8, 4) is 12.3 Å². The molecule has 1 aromatic carbocycles. The van der Waals surface area contributed by atoms with Crippen molar-refractivity contribution in [2.24, 2.45) is 0 Å². The highest BCUT2D eigenvalue weighted by Gasteiger charge is 2.07. The van der Waals surface area contributed by atoms with Gasteiger partial charge in [0, 0.05) is 18.0 Å². The van der Waals surface area contributed by atoms with Crippen molar-refractivity contribution in [1.82, 2.24) is 0 Å². The third-order valence-electron chi connectivity index (χ3n) is 1.90. The van der Waals surface area contributed by atoms with Gasteiger partial charge in [-0.3, -0.25) is 0 Å². The molecule has 1 rings (SSSR count). The fourth-order valence-corrected chi connectivity index (χ4v) is 1.72. The minimum Gasteiger partial charge on any atom is -0.478 e. The summed E-state index contributed by atoms with van der Waals surface area (Å²) in [7, 11) is 0. The van der Waals surface area contributed by atoms with Crippen LogP contribution in [0, 0.1) is 12.3 Å². The zero-order valence-corrected chi connectivity index (χ0v) is 9.59. The molecule has 2 N–H and O–H groups in total. The molecular formula is C12H13NO2S. The third-order valence-corrected chi connectivity index (χ3v) is 2.77. The largest absolute Gasteiger partial charge is 0.478 e. The standard InChI is InChI=1S/C12H13NO2S/c1-2-8-16-9-7-13-11-6-4-3-5-10(11)12(14)15/h1,3-6,13H,7-9H2,(H,14,15). The number of rotatable bonds is 6. The van der Waals surface area contributed by atoms with Crippen molar-refractivity contribution in [2.45, 2.75) is 0 Å². The molecule has 1 aromatic rings. The highest BCUT2D eigenvalue weighted by Crippen LogP contribution is 2.14. The lowest BCUT2D eigenvalue weighted by Crippen LogP contribution is -2.09. The van der Waals surface area contributed by atoms with Crippen molar-refractivity contribution in [1.29, 1.82) is 0 Å². The van der Waals surface area contributed by atoms with Crippen molar-refractivity contribution in [2.75, 3.05) is 23.4 Å². The van der Waals surface area contributed by atoms with Crippen LogP contribution in [0.25, 0.3) is 0 Å². The average molecular weight is 235 g/mol. The van der Waals surface area contributed by atoms with E-state index in [2.05, 4.69) is 11.2 Å². The number of aromatic carboxylic acids is 1. The normalized spacial score (nSPS) is 9.44. The Morgan fingerprint density at radius 3 is 2.94 bits per heavy atom. The molecule has 0 saturated carbocycles. The van der Waals surface area contributed by atoms with Crippen molar-refractivity contribution < 1.29 is 9.90 Å². The van der Waals surface area contributed by atoms with Gasteiger partial charge in [0.05, 0.1) is 11.3 Å². The molecule has 0 heterocycles. The first-order chi connectivity index (χ1) is 7.75. The number of carbonyl (C=O) groups is 1. The quantitative estimate of drug-likeness (QED) is 0.586. The second kappa shape index (κ2) is 6.81. The molecule has 0 fully saturated rings. The summed E-state index contributed by atoms with van der Waals surface area (Å²) in [6.45, 7) is 0.705. The summed E-state index contributed by atoms with van der Waals surface area (Å²) in [5.41, 5.74) is 0.945. The number of carboxylic acids is 1. The zero-order valence-electron chi connectivity index (χ0n) is 8.77.